The first-order valence-electron chi connectivity index (χ1n) is 6.96. The van der Waals surface area contributed by atoms with Gasteiger partial charge in [0.2, 0.25) is 0 Å². The first-order valence-corrected chi connectivity index (χ1v) is 6.96. The highest BCUT2D eigenvalue weighted by Gasteiger charge is 2.20. The molecule has 18 heavy (non-hydrogen) atoms. The van der Waals surface area contributed by atoms with Crippen LogP contribution in [0.2, 0.25) is 0 Å². The number of Topliss-reactive ketones (excluding diaryl/α,β-unsaturated/α-hetero) is 1. The summed E-state index contributed by atoms with van der Waals surface area (Å²) in [7, 11) is 0. The van der Waals surface area contributed by atoms with Crippen LogP contribution in [0.3, 0.4) is 0 Å². The smallest absolute Gasteiger partial charge is 0.161 e. The third-order valence-corrected chi connectivity index (χ3v) is 3.80. The highest BCUT2D eigenvalue weighted by molar-refractivity contribution is 5.93. The molecular weight excluding hydrogens is 224 g/mol. The molecule has 1 saturated heterocycles. The number of hydrogen-bond acceptors (Lipinski definition) is 3. The maximum Gasteiger partial charge on any atom is 0.161 e. The lowest BCUT2D eigenvalue weighted by molar-refractivity contribution is 0.101. The molecule has 1 aliphatic heterocycles. The van der Waals surface area contributed by atoms with E-state index in [1.54, 1.807) is 13.1 Å². The van der Waals surface area contributed by atoms with E-state index in [9.17, 15) is 4.79 Å². The summed E-state index contributed by atoms with van der Waals surface area (Å²) in [5.74, 6) is 1.10. The van der Waals surface area contributed by atoms with E-state index in [0.29, 0.717) is 11.6 Å². The van der Waals surface area contributed by atoms with Crippen molar-refractivity contribution in [2.75, 3.05) is 11.4 Å². The van der Waals surface area contributed by atoms with Crippen LogP contribution in [0, 0.1) is 0 Å². The van der Waals surface area contributed by atoms with Gasteiger partial charge in [0.05, 0.1) is 0 Å². The van der Waals surface area contributed by atoms with Gasteiger partial charge in [-0.15, -0.1) is 0 Å². The Morgan fingerprint density at radius 1 is 1.39 bits per heavy atom. The molecular formula is C15H22N2O. The summed E-state index contributed by atoms with van der Waals surface area (Å²) in [5, 5.41) is 0. The minimum Gasteiger partial charge on any atom is -0.354 e. The molecule has 1 aromatic heterocycles. The molecule has 2 heterocycles. The third kappa shape index (κ3) is 2.89. The van der Waals surface area contributed by atoms with Gasteiger partial charge >= 0.3 is 0 Å². The summed E-state index contributed by atoms with van der Waals surface area (Å²) in [6.07, 6.45) is 8.00. The topological polar surface area (TPSA) is 33.2 Å². The number of ketones is 1. The summed E-state index contributed by atoms with van der Waals surface area (Å²) in [4.78, 5) is 18.1. The molecule has 0 spiro atoms. The van der Waals surface area contributed by atoms with Gasteiger partial charge in [-0.1, -0.05) is 19.8 Å². The largest absolute Gasteiger partial charge is 0.354 e. The van der Waals surface area contributed by atoms with Gasteiger partial charge in [-0.05, 0) is 38.3 Å². The fourth-order valence-corrected chi connectivity index (χ4v) is 2.67. The van der Waals surface area contributed by atoms with Crippen molar-refractivity contribution in [3.63, 3.8) is 0 Å². The van der Waals surface area contributed by atoms with Crippen LogP contribution in [0.15, 0.2) is 18.3 Å². The van der Waals surface area contributed by atoms with E-state index >= 15 is 0 Å². The molecule has 0 aliphatic carbocycles. The summed E-state index contributed by atoms with van der Waals surface area (Å²) in [6.45, 7) is 4.91. The van der Waals surface area contributed by atoms with Crippen LogP contribution in [0.25, 0.3) is 0 Å². The number of carbonyl (C=O) groups is 1. The average Bonchev–Trinajstić information content (AvgIpc) is 2.63. The second-order valence-electron chi connectivity index (χ2n) is 5.07. The Balaban J connectivity index is 2.19. The molecule has 0 radical (unpaired) electrons. The highest BCUT2D eigenvalue weighted by Crippen LogP contribution is 2.24. The van der Waals surface area contributed by atoms with E-state index in [2.05, 4.69) is 16.8 Å². The van der Waals surface area contributed by atoms with Crippen molar-refractivity contribution in [1.29, 1.82) is 0 Å². The van der Waals surface area contributed by atoms with Gasteiger partial charge in [0.25, 0.3) is 0 Å². The van der Waals surface area contributed by atoms with Crippen molar-refractivity contribution in [2.24, 2.45) is 0 Å². The lowest BCUT2D eigenvalue weighted by Gasteiger charge is -2.30. The van der Waals surface area contributed by atoms with Crippen LogP contribution in [-0.4, -0.2) is 23.4 Å². The average molecular weight is 246 g/mol. The van der Waals surface area contributed by atoms with Gasteiger partial charge in [-0.25, -0.2) is 4.98 Å². The zero-order chi connectivity index (χ0) is 13.0. The molecule has 1 aromatic rings. The number of aromatic nitrogens is 1. The Morgan fingerprint density at radius 2 is 2.22 bits per heavy atom. The second-order valence-corrected chi connectivity index (χ2v) is 5.07. The van der Waals surface area contributed by atoms with Crippen molar-refractivity contribution in [3.05, 3.63) is 23.9 Å². The molecule has 98 valence electrons. The number of pyridine rings is 1. The molecule has 1 aliphatic rings. The van der Waals surface area contributed by atoms with E-state index in [1.165, 1.54) is 25.7 Å². The van der Waals surface area contributed by atoms with E-state index in [1.807, 2.05) is 12.1 Å². The highest BCUT2D eigenvalue weighted by atomic mass is 16.1. The van der Waals surface area contributed by atoms with E-state index in [4.69, 9.17) is 0 Å². The standard InChI is InChI=1S/C15H22N2O/c1-3-14-7-5-4-6-10-17(14)15-9-8-13(11-16-15)12(2)18/h8-9,11,14H,3-7,10H2,1-2H3. The number of hydrogen-bond donors (Lipinski definition) is 0. The number of rotatable bonds is 3. The normalized spacial score (nSPS) is 20.6. The quantitative estimate of drug-likeness (QED) is 0.766. The molecule has 0 aromatic carbocycles. The van der Waals surface area contributed by atoms with Crippen LogP contribution >= 0.6 is 0 Å². The van der Waals surface area contributed by atoms with Gasteiger partial charge in [-0.2, -0.15) is 0 Å². The molecule has 0 N–H and O–H groups in total. The van der Waals surface area contributed by atoms with Gasteiger partial charge in [-0.3, -0.25) is 4.79 Å². The predicted molar refractivity (Wildman–Crippen MR) is 74.1 cm³/mol. The van der Waals surface area contributed by atoms with Crippen LogP contribution in [0.5, 0.6) is 0 Å². The van der Waals surface area contributed by atoms with Crippen LogP contribution in [0.1, 0.15) is 56.3 Å². The maximum atomic E-state index is 11.3. The molecule has 0 amide bonds. The molecule has 1 fully saturated rings. The van der Waals surface area contributed by atoms with Gasteiger partial charge in [0, 0.05) is 24.3 Å². The van der Waals surface area contributed by atoms with E-state index in [0.717, 1.165) is 18.8 Å². The Morgan fingerprint density at radius 3 is 2.83 bits per heavy atom. The fourth-order valence-electron chi connectivity index (χ4n) is 2.67. The van der Waals surface area contributed by atoms with Crippen molar-refractivity contribution in [2.45, 2.75) is 52.0 Å². The maximum absolute atomic E-state index is 11.3. The Bertz CT molecular complexity index is 399. The first-order chi connectivity index (χ1) is 8.72. The minimum absolute atomic E-state index is 0.0805. The lowest BCUT2D eigenvalue weighted by Crippen LogP contribution is -2.35. The van der Waals surface area contributed by atoms with E-state index < -0.39 is 0 Å². The Labute approximate surface area is 109 Å². The summed E-state index contributed by atoms with van der Waals surface area (Å²) >= 11 is 0. The molecule has 2 rings (SSSR count). The predicted octanol–water partition coefficient (Wildman–Crippen LogP) is 3.44. The molecule has 1 unspecified atom stereocenters. The van der Waals surface area contributed by atoms with E-state index in [-0.39, 0.29) is 5.78 Å². The fraction of sp³-hybridized carbons (Fsp3) is 0.600. The second kappa shape index (κ2) is 5.98. The number of nitrogens with zero attached hydrogens (tertiary/aromatic N) is 2. The number of anilines is 1. The molecule has 3 nitrogen and oxygen atoms in total. The zero-order valence-corrected chi connectivity index (χ0v) is 11.4. The van der Waals surface area contributed by atoms with Crippen molar-refractivity contribution in [1.82, 2.24) is 4.98 Å². The van der Waals surface area contributed by atoms with Gasteiger partial charge in [0.1, 0.15) is 5.82 Å². The van der Waals surface area contributed by atoms with Crippen molar-refractivity contribution < 1.29 is 4.79 Å². The monoisotopic (exact) mass is 246 g/mol. The molecule has 0 saturated carbocycles. The Hall–Kier alpha value is -1.38. The summed E-state index contributed by atoms with van der Waals surface area (Å²) in [6, 6.07) is 4.48. The van der Waals surface area contributed by atoms with Crippen LogP contribution in [-0.2, 0) is 0 Å². The Kier molecular flexibility index (Phi) is 4.34. The summed E-state index contributed by atoms with van der Waals surface area (Å²) in [5.41, 5.74) is 0.696. The SMILES string of the molecule is CCC1CCCCCN1c1ccc(C(C)=O)cn1. The van der Waals surface area contributed by atoms with Crippen molar-refractivity contribution >= 4 is 11.6 Å². The lowest BCUT2D eigenvalue weighted by atomic mass is 10.1. The van der Waals surface area contributed by atoms with Crippen LogP contribution < -0.4 is 4.90 Å². The minimum atomic E-state index is 0.0805. The first kappa shape index (κ1) is 13.1. The third-order valence-electron chi connectivity index (χ3n) is 3.80. The zero-order valence-electron chi connectivity index (χ0n) is 11.4. The molecule has 3 heteroatoms. The number of carbonyl (C=O) groups excluding carboxylic acids is 1. The molecule has 0 bridgehead atoms. The molecule has 1 atom stereocenters. The van der Waals surface area contributed by atoms with Crippen LogP contribution in [0.4, 0.5) is 5.82 Å². The summed E-state index contributed by atoms with van der Waals surface area (Å²) < 4.78 is 0. The van der Waals surface area contributed by atoms with Gasteiger partial charge < -0.3 is 4.90 Å². The van der Waals surface area contributed by atoms with Gasteiger partial charge in [0.15, 0.2) is 5.78 Å². The van der Waals surface area contributed by atoms with Crippen molar-refractivity contribution in [3.8, 4) is 0 Å².